The number of guanidine groups is 1. The van der Waals surface area contributed by atoms with Crippen LogP contribution in [0.1, 0.15) is 41.3 Å². The fraction of sp³-hybridized carbons (Fsp3) is 0.368. The van der Waals surface area contributed by atoms with Gasteiger partial charge in [0.2, 0.25) is 0 Å². The average molecular weight is 470 g/mol. The Kier molecular flexibility index (Phi) is 9.18. The first kappa shape index (κ1) is 22.0. The van der Waals surface area contributed by atoms with E-state index in [9.17, 15) is 4.79 Å². The Balaban J connectivity index is 0.00000338. The lowest BCUT2D eigenvalue weighted by atomic mass is 10.1. The summed E-state index contributed by atoms with van der Waals surface area (Å²) in [7, 11) is 1.99. The molecule has 6 nitrogen and oxygen atoms in total. The first-order chi connectivity index (χ1) is 12.0. The second-order valence-corrected chi connectivity index (χ2v) is 5.83. The van der Waals surface area contributed by atoms with Crippen LogP contribution in [0.3, 0.4) is 0 Å². The van der Waals surface area contributed by atoms with Crippen LogP contribution in [0.25, 0.3) is 0 Å². The molecule has 0 fully saturated rings. The summed E-state index contributed by atoms with van der Waals surface area (Å²) in [6, 6.07) is 11.9. The Morgan fingerprint density at radius 1 is 1.15 bits per heavy atom. The molecule has 7 heteroatoms. The van der Waals surface area contributed by atoms with Crippen molar-refractivity contribution in [2.75, 3.05) is 13.6 Å². The number of aryl methyl sites for hydroxylation is 1. The van der Waals surface area contributed by atoms with Gasteiger partial charge in [-0.1, -0.05) is 31.2 Å². The third-order valence-electron chi connectivity index (χ3n) is 3.84. The zero-order valence-electron chi connectivity index (χ0n) is 15.5. The van der Waals surface area contributed by atoms with Crippen LogP contribution >= 0.6 is 24.0 Å². The molecule has 0 aliphatic rings. The molecule has 1 aromatic heterocycles. The maximum Gasteiger partial charge on any atom is 0.284 e. The molecule has 1 heterocycles. The molecule has 1 amide bonds. The number of nitrogens with one attached hydrogen (secondary N) is 1. The summed E-state index contributed by atoms with van der Waals surface area (Å²) in [6.45, 7) is 6.03. The van der Waals surface area contributed by atoms with Crippen molar-refractivity contribution in [2.24, 2.45) is 10.7 Å². The molecule has 2 rings (SSSR count). The Bertz CT molecular complexity index is 725. The molecule has 26 heavy (non-hydrogen) atoms. The third-order valence-corrected chi connectivity index (χ3v) is 3.84. The highest BCUT2D eigenvalue weighted by molar-refractivity contribution is 14.0. The molecular formula is C19H27IN4O2. The summed E-state index contributed by atoms with van der Waals surface area (Å²) in [5.41, 5.74) is 7.75. The van der Waals surface area contributed by atoms with E-state index in [1.807, 2.05) is 14.0 Å². The second kappa shape index (κ2) is 10.8. The number of benzene rings is 1. The van der Waals surface area contributed by atoms with Gasteiger partial charge in [-0.25, -0.2) is 4.99 Å². The highest BCUT2D eigenvalue weighted by Crippen LogP contribution is 2.10. The number of rotatable bonds is 7. The van der Waals surface area contributed by atoms with Crippen molar-refractivity contribution in [1.82, 2.24) is 10.2 Å². The van der Waals surface area contributed by atoms with Crippen molar-refractivity contribution in [3.05, 3.63) is 59.0 Å². The SMILES string of the molecule is CCNC(=NCc1ccc(C(N)=O)o1)N(C)Cc1ccc(CC)cc1.I. The predicted molar refractivity (Wildman–Crippen MR) is 115 cm³/mol. The number of amides is 1. The van der Waals surface area contributed by atoms with Gasteiger partial charge in [0, 0.05) is 20.1 Å². The maximum absolute atomic E-state index is 11.1. The predicted octanol–water partition coefficient (Wildman–Crippen LogP) is 3.16. The Hall–Kier alpha value is -2.03. The smallest absolute Gasteiger partial charge is 0.284 e. The van der Waals surface area contributed by atoms with Gasteiger partial charge in [-0.3, -0.25) is 4.79 Å². The highest BCUT2D eigenvalue weighted by atomic mass is 127. The minimum Gasteiger partial charge on any atom is -0.454 e. The number of primary amides is 1. The Morgan fingerprint density at radius 2 is 1.81 bits per heavy atom. The maximum atomic E-state index is 11.1. The van der Waals surface area contributed by atoms with Crippen LogP contribution < -0.4 is 11.1 Å². The number of carbonyl (C=O) groups excluding carboxylic acids is 1. The Labute approximate surface area is 171 Å². The van der Waals surface area contributed by atoms with Gasteiger partial charge < -0.3 is 20.4 Å². The van der Waals surface area contributed by atoms with Crippen LogP contribution in [0.2, 0.25) is 0 Å². The number of hydrogen-bond acceptors (Lipinski definition) is 3. The molecule has 0 radical (unpaired) electrons. The summed E-state index contributed by atoms with van der Waals surface area (Å²) in [4.78, 5) is 17.7. The summed E-state index contributed by atoms with van der Waals surface area (Å²) in [5, 5.41) is 3.27. The van der Waals surface area contributed by atoms with E-state index in [1.165, 1.54) is 11.1 Å². The number of furan rings is 1. The first-order valence-electron chi connectivity index (χ1n) is 8.49. The van der Waals surface area contributed by atoms with Gasteiger partial charge in [-0.2, -0.15) is 0 Å². The highest BCUT2D eigenvalue weighted by Gasteiger charge is 2.09. The van der Waals surface area contributed by atoms with Crippen LogP contribution in [-0.2, 0) is 19.5 Å². The summed E-state index contributed by atoms with van der Waals surface area (Å²) < 4.78 is 5.37. The van der Waals surface area contributed by atoms with Crippen molar-refractivity contribution in [1.29, 1.82) is 0 Å². The van der Waals surface area contributed by atoms with Crippen LogP contribution in [-0.4, -0.2) is 30.4 Å². The third kappa shape index (κ3) is 6.36. The van der Waals surface area contributed by atoms with Gasteiger partial charge in [0.15, 0.2) is 11.7 Å². The number of halogens is 1. The van der Waals surface area contributed by atoms with Crippen molar-refractivity contribution in [3.63, 3.8) is 0 Å². The van der Waals surface area contributed by atoms with Crippen LogP contribution in [0.5, 0.6) is 0 Å². The molecule has 142 valence electrons. The summed E-state index contributed by atoms with van der Waals surface area (Å²) in [6.07, 6.45) is 1.04. The van der Waals surface area contributed by atoms with E-state index in [2.05, 4.69) is 46.4 Å². The normalized spacial score (nSPS) is 11.0. The molecule has 0 aliphatic carbocycles. The van der Waals surface area contributed by atoms with E-state index in [-0.39, 0.29) is 29.7 Å². The van der Waals surface area contributed by atoms with E-state index in [0.29, 0.717) is 12.3 Å². The van der Waals surface area contributed by atoms with Gasteiger partial charge >= 0.3 is 0 Å². The van der Waals surface area contributed by atoms with E-state index >= 15 is 0 Å². The average Bonchev–Trinajstić information content (AvgIpc) is 3.08. The monoisotopic (exact) mass is 470 g/mol. The van der Waals surface area contributed by atoms with Crippen LogP contribution in [0, 0.1) is 0 Å². The van der Waals surface area contributed by atoms with Gasteiger partial charge in [-0.15, -0.1) is 24.0 Å². The fourth-order valence-electron chi connectivity index (χ4n) is 2.45. The van der Waals surface area contributed by atoms with Gasteiger partial charge in [-0.05, 0) is 36.6 Å². The molecule has 3 N–H and O–H groups in total. The fourth-order valence-corrected chi connectivity index (χ4v) is 2.45. The molecule has 0 atom stereocenters. The standard InChI is InChI=1S/C19H26N4O2.HI/c1-4-14-6-8-15(9-7-14)13-23(3)19(21-5-2)22-12-16-10-11-17(25-16)18(20)24;/h6-11H,4-5,12-13H2,1-3H3,(H2,20,24)(H,21,22);1H. The molecule has 0 spiro atoms. The van der Waals surface area contributed by atoms with Crippen molar-refractivity contribution >= 4 is 35.8 Å². The minimum absolute atomic E-state index is 0. The zero-order chi connectivity index (χ0) is 18.2. The Morgan fingerprint density at radius 3 is 2.35 bits per heavy atom. The van der Waals surface area contributed by atoms with Crippen molar-refractivity contribution in [2.45, 2.75) is 33.4 Å². The molecule has 1 aromatic carbocycles. The molecule has 0 saturated carbocycles. The van der Waals surface area contributed by atoms with E-state index in [4.69, 9.17) is 10.2 Å². The summed E-state index contributed by atoms with van der Waals surface area (Å²) in [5.74, 6) is 0.957. The number of nitrogens with two attached hydrogens (primary N) is 1. The lowest BCUT2D eigenvalue weighted by molar-refractivity contribution is 0.0972. The molecule has 0 aliphatic heterocycles. The first-order valence-corrected chi connectivity index (χ1v) is 8.49. The van der Waals surface area contributed by atoms with E-state index in [0.717, 1.165) is 25.5 Å². The topological polar surface area (TPSA) is 83.9 Å². The van der Waals surface area contributed by atoms with E-state index < -0.39 is 5.91 Å². The number of nitrogens with zero attached hydrogens (tertiary/aromatic N) is 2. The van der Waals surface area contributed by atoms with Gasteiger partial charge in [0.05, 0.1) is 0 Å². The lowest BCUT2D eigenvalue weighted by Gasteiger charge is -2.22. The van der Waals surface area contributed by atoms with Gasteiger partial charge in [0.25, 0.3) is 5.91 Å². The lowest BCUT2D eigenvalue weighted by Crippen LogP contribution is -2.38. The molecular weight excluding hydrogens is 443 g/mol. The number of hydrogen-bond donors (Lipinski definition) is 2. The van der Waals surface area contributed by atoms with Crippen molar-refractivity contribution < 1.29 is 9.21 Å². The largest absolute Gasteiger partial charge is 0.454 e. The van der Waals surface area contributed by atoms with Crippen molar-refractivity contribution in [3.8, 4) is 0 Å². The zero-order valence-corrected chi connectivity index (χ0v) is 17.8. The molecule has 0 bridgehead atoms. The second-order valence-electron chi connectivity index (χ2n) is 5.83. The summed E-state index contributed by atoms with van der Waals surface area (Å²) >= 11 is 0. The molecule has 0 unspecified atom stereocenters. The minimum atomic E-state index is -0.574. The molecule has 0 saturated heterocycles. The van der Waals surface area contributed by atoms with Gasteiger partial charge in [0.1, 0.15) is 12.3 Å². The van der Waals surface area contributed by atoms with E-state index in [1.54, 1.807) is 12.1 Å². The number of carbonyl (C=O) groups is 1. The molecule has 2 aromatic rings. The number of aliphatic imine (C=N–C) groups is 1. The quantitative estimate of drug-likeness (QED) is 0.370. The van der Waals surface area contributed by atoms with Crippen LogP contribution in [0.4, 0.5) is 0 Å². The van der Waals surface area contributed by atoms with Crippen LogP contribution in [0.15, 0.2) is 45.8 Å².